The van der Waals surface area contributed by atoms with Crippen molar-refractivity contribution in [2.45, 2.75) is 6.92 Å². The number of carbonyl (C=O) groups excluding carboxylic acids is 1. The zero-order valence-electron chi connectivity index (χ0n) is 10.7. The zero-order chi connectivity index (χ0) is 14.0. The van der Waals surface area contributed by atoms with Gasteiger partial charge >= 0.3 is 5.97 Å². The Balaban J connectivity index is 2.57. The van der Waals surface area contributed by atoms with Crippen LogP contribution in [0.1, 0.15) is 12.5 Å². The standard InChI is InChI=1S/C14H14O5/c1-4-18-14(16)8(2)10-7-9-5-6-19-12(9)13(17-3)11(10)15/h5-7,15H,2,4H2,1,3H3. The van der Waals surface area contributed by atoms with Gasteiger partial charge < -0.3 is 19.0 Å². The Hall–Kier alpha value is -2.43. The van der Waals surface area contributed by atoms with Crippen LogP contribution in [0.5, 0.6) is 11.5 Å². The maximum atomic E-state index is 11.7. The van der Waals surface area contributed by atoms with E-state index in [1.807, 2.05) is 0 Å². The number of ether oxygens (including phenoxy) is 2. The van der Waals surface area contributed by atoms with Crippen molar-refractivity contribution in [1.82, 2.24) is 0 Å². The Morgan fingerprint density at radius 2 is 2.26 bits per heavy atom. The first-order chi connectivity index (χ1) is 9.10. The Kier molecular flexibility index (Phi) is 3.46. The number of phenols is 1. The summed E-state index contributed by atoms with van der Waals surface area (Å²) in [7, 11) is 1.41. The second-order valence-electron chi connectivity index (χ2n) is 3.84. The Morgan fingerprint density at radius 1 is 1.53 bits per heavy atom. The maximum absolute atomic E-state index is 11.7. The lowest BCUT2D eigenvalue weighted by molar-refractivity contribution is -0.136. The van der Waals surface area contributed by atoms with E-state index in [1.54, 1.807) is 19.1 Å². The minimum Gasteiger partial charge on any atom is -0.504 e. The van der Waals surface area contributed by atoms with Crippen molar-refractivity contribution in [3.8, 4) is 11.5 Å². The molecule has 100 valence electrons. The molecular formula is C14H14O5. The number of benzene rings is 1. The van der Waals surface area contributed by atoms with Gasteiger partial charge in [0, 0.05) is 10.9 Å². The smallest absolute Gasteiger partial charge is 0.338 e. The molecule has 1 aromatic heterocycles. The van der Waals surface area contributed by atoms with Crippen molar-refractivity contribution in [3.05, 3.63) is 30.5 Å². The van der Waals surface area contributed by atoms with Crippen LogP contribution in [0.2, 0.25) is 0 Å². The molecule has 0 aliphatic heterocycles. The third-order valence-electron chi connectivity index (χ3n) is 2.72. The SMILES string of the molecule is C=C(C(=O)OCC)c1cc2ccoc2c(OC)c1O. The van der Waals surface area contributed by atoms with E-state index in [4.69, 9.17) is 13.9 Å². The monoisotopic (exact) mass is 262 g/mol. The fourth-order valence-electron chi connectivity index (χ4n) is 1.82. The van der Waals surface area contributed by atoms with Crippen LogP contribution in [0.25, 0.3) is 16.5 Å². The summed E-state index contributed by atoms with van der Waals surface area (Å²) in [5, 5.41) is 10.8. The summed E-state index contributed by atoms with van der Waals surface area (Å²) < 4.78 is 15.2. The largest absolute Gasteiger partial charge is 0.504 e. The van der Waals surface area contributed by atoms with E-state index < -0.39 is 5.97 Å². The molecule has 19 heavy (non-hydrogen) atoms. The molecule has 0 unspecified atom stereocenters. The number of aromatic hydroxyl groups is 1. The number of phenolic OH excluding ortho intramolecular Hbond substituents is 1. The fraction of sp³-hybridized carbons (Fsp3) is 0.214. The second-order valence-corrected chi connectivity index (χ2v) is 3.84. The Bertz CT molecular complexity index is 639. The molecule has 0 spiro atoms. The Morgan fingerprint density at radius 3 is 2.89 bits per heavy atom. The summed E-state index contributed by atoms with van der Waals surface area (Å²) in [5.74, 6) is -0.603. The van der Waals surface area contributed by atoms with Gasteiger partial charge in [-0.25, -0.2) is 4.79 Å². The van der Waals surface area contributed by atoms with Crippen LogP contribution in [0, 0.1) is 0 Å². The molecule has 0 aliphatic rings. The van der Waals surface area contributed by atoms with Gasteiger partial charge in [-0.05, 0) is 19.1 Å². The Labute approximate surface area is 110 Å². The first-order valence-corrected chi connectivity index (χ1v) is 5.73. The lowest BCUT2D eigenvalue weighted by Crippen LogP contribution is -2.06. The highest BCUT2D eigenvalue weighted by molar-refractivity contribution is 6.17. The van der Waals surface area contributed by atoms with Crippen molar-refractivity contribution in [2.24, 2.45) is 0 Å². The average Bonchev–Trinajstić information content (AvgIpc) is 2.85. The van der Waals surface area contributed by atoms with Crippen LogP contribution in [0.4, 0.5) is 0 Å². The molecule has 2 aromatic rings. The van der Waals surface area contributed by atoms with Gasteiger partial charge in [-0.2, -0.15) is 0 Å². The number of furan rings is 1. The van der Waals surface area contributed by atoms with Crippen molar-refractivity contribution >= 4 is 22.5 Å². The summed E-state index contributed by atoms with van der Waals surface area (Å²) in [6.07, 6.45) is 1.48. The highest BCUT2D eigenvalue weighted by atomic mass is 16.5. The van der Waals surface area contributed by atoms with E-state index in [2.05, 4.69) is 6.58 Å². The number of hydrogen-bond donors (Lipinski definition) is 1. The van der Waals surface area contributed by atoms with Gasteiger partial charge in [-0.15, -0.1) is 0 Å². The summed E-state index contributed by atoms with van der Waals surface area (Å²) in [4.78, 5) is 11.7. The molecule has 0 amide bonds. The number of hydrogen-bond acceptors (Lipinski definition) is 5. The van der Waals surface area contributed by atoms with Gasteiger partial charge in [0.2, 0.25) is 5.75 Å². The molecule has 0 saturated heterocycles. The van der Waals surface area contributed by atoms with Gasteiger partial charge in [-0.3, -0.25) is 0 Å². The van der Waals surface area contributed by atoms with Crippen LogP contribution in [0.3, 0.4) is 0 Å². The molecule has 0 aliphatic carbocycles. The van der Waals surface area contributed by atoms with Crippen LogP contribution in [-0.4, -0.2) is 24.8 Å². The third-order valence-corrected chi connectivity index (χ3v) is 2.72. The van der Waals surface area contributed by atoms with Crippen LogP contribution in [0.15, 0.2) is 29.4 Å². The number of fused-ring (bicyclic) bond motifs is 1. The molecule has 5 nitrogen and oxygen atoms in total. The normalized spacial score (nSPS) is 10.4. The van der Waals surface area contributed by atoms with Crippen LogP contribution in [-0.2, 0) is 9.53 Å². The second kappa shape index (κ2) is 5.06. The first-order valence-electron chi connectivity index (χ1n) is 5.73. The van der Waals surface area contributed by atoms with Crippen LogP contribution >= 0.6 is 0 Å². The summed E-state index contributed by atoms with van der Waals surface area (Å²) in [6, 6.07) is 3.31. The summed E-state index contributed by atoms with van der Waals surface area (Å²) in [5.41, 5.74) is 0.755. The van der Waals surface area contributed by atoms with Gasteiger partial charge in [0.1, 0.15) is 0 Å². The molecule has 1 heterocycles. The number of esters is 1. The number of carbonyl (C=O) groups is 1. The molecule has 0 bridgehead atoms. The third kappa shape index (κ3) is 2.14. The quantitative estimate of drug-likeness (QED) is 0.677. The van der Waals surface area contributed by atoms with Crippen LogP contribution < -0.4 is 4.74 Å². The van der Waals surface area contributed by atoms with Crippen molar-refractivity contribution < 1.29 is 23.8 Å². The van der Waals surface area contributed by atoms with Crippen molar-refractivity contribution in [2.75, 3.05) is 13.7 Å². The molecule has 0 atom stereocenters. The van der Waals surface area contributed by atoms with E-state index in [0.29, 0.717) is 11.0 Å². The van der Waals surface area contributed by atoms with Gasteiger partial charge in [0.25, 0.3) is 0 Å². The van der Waals surface area contributed by atoms with Gasteiger partial charge in [-0.1, -0.05) is 6.58 Å². The topological polar surface area (TPSA) is 68.9 Å². The van der Waals surface area contributed by atoms with Crippen molar-refractivity contribution in [3.63, 3.8) is 0 Å². The fourth-order valence-corrected chi connectivity index (χ4v) is 1.82. The molecule has 1 N–H and O–H groups in total. The lowest BCUT2D eigenvalue weighted by Gasteiger charge is -2.11. The number of rotatable bonds is 4. The molecule has 2 rings (SSSR count). The lowest BCUT2D eigenvalue weighted by atomic mass is 10.0. The van der Waals surface area contributed by atoms with Gasteiger partial charge in [0.05, 0.1) is 25.6 Å². The minimum atomic E-state index is -0.581. The summed E-state index contributed by atoms with van der Waals surface area (Å²) >= 11 is 0. The average molecular weight is 262 g/mol. The first kappa shape index (κ1) is 13.0. The predicted molar refractivity (Wildman–Crippen MR) is 70.1 cm³/mol. The maximum Gasteiger partial charge on any atom is 0.338 e. The van der Waals surface area contributed by atoms with E-state index in [0.717, 1.165) is 0 Å². The molecule has 5 heteroatoms. The summed E-state index contributed by atoms with van der Waals surface area (Å²) in [6.45, 7) is 5.59. The zero-order valence-corrected chi connectivity index (χ0v) is 10.7. The molecule has 0 saturated carbocycles. The highest BCUT2D eigenvalue weighted by Crippen LogP contribution is 2.41. The number of methoxy groups -OCH3 is 1. The minimum absolute atomic E-state index is 0.0701. The predicted octanol–water partition coefficient (Wildman–Crippen LogP) is 2.72. The molecule has 1 aromatic carbocycles. The molecule has 0 fully saturated rings. The molecule has 0 radical (unpaired) electrons. The van der Waals surface area contributed by atoms with Gasteiger partial charge in [0.15, 0.2) is 11.3 Å². The van der Waals surface area contributed by atoms with E-state index >= 15 is 0 Å². The van der Waals surface area contributed by atoms with Crippen molar-refractivity contribution in [1.29, 1.82) is 0 Å². The van der Waals surface area contributed by atoms with E-state index in [-0.39, 0.29) is 29.2 Å². The van der Waals surface area contributed by atoms with E-state index in [9.17, 15) is 9.90 Å². The van der Waals surface area contributed by atoms with E-state index in [1.165, 1.54) is 13.4 Å². The molecular weight excluding hydrogens is 248 g/mol. The highest BCUT2D eigenvalue weighted by Gasteiger charge is 2.21.